The topological polar surface area (TPSA) is 64.2 Å². The average molecular weight is 330 g/mol. The van der Waals surface area contributed by atoms with Gasteiger partial charge in [-0.2, -0.15) is 5.10 Å². The van der Waals surface area contributed by atoms with Crippen molar-refractivity contribution in [1.82, 2.24) is 14.7 Å². The van der Waals surface area contributed by atoms with Gasteiger partial charge in [0.15, 0.2) is 0 Å². The van der Waals surface area contributed by atoms with Crippen LogP contribution in [-0.4, -0.2) is 26.7 Å². The summed E-state index contributed by atoms with van der Waals surface area (Å²) in [6.07, 6.45) is 0. The second kappa shape index (κ2) is 6.73. The Kier molecular flexibility index (Phi) is 5.08. The predicted molar refractivity (Wildman–Crippen MR) is 95.0 cm³/mol. The number of aryl methyl sites for hydroxylation is 1. The average Bonchev–Trinajstić information content (AvgIpc) is 2.72. The van der Waals surface area contributed by atoms with Crippen LogP contribution in [0.25, 0.3) is 0 Å². The van der Waals surface area contributed by atoms with E-state index in [9.17, 15) is 10.1 Å². The molecular weight excluding hydrogens is 304 g/mol. The standard InChI is InChI=1S/C18H26N4O2/c1-13-17(22(23)24)14(2)21(19-13)12-20(6)11-15-7-9-16(10-8-15)18(3,4)5/h7-10H,11-12H2,1-6H3. The second-order valence-corrected chi connectivity index (χ2v) is 7.38. The van der Waals surface area contributed by atoms with Gasteiger partial charge in [-0.05, 0) is 37.4 Å². The third kappa shape index (κ3) is 4.00. The molecule has 24 heavy (non-hydrogen) atoms. The van der Waals surface area contributed by atoms with Crippen molar-refractivity contribution in [2.45, 2.75) is 53.2 Å². The molecule has 0 atom stereocenters. The molecule has 0 radical (unpaired) electrons. The number of aromatic nitrogens is 2. The van der Waals surface area contributed by atoms with Crippen molar-refractivity contribution in [3.63, 3.8) is 0 Å². The lowest BCUT2D eigenvalue weighted by molar-refractivity contribution is -0.386. The van der Waals surface area contributed by atoms with Gasteiger partial charge in [0.05, 0.1) is 11.6 Å². The van der Waals surface area contributed by atoms with Gasteiger partial charge in [-0.25, -0.2) is 4.68 Å². The van der Waals surface area contributed by atoms with E-state index in [1.807, 2.05) is 7.05 Å². The molecule has 0 fully saturated rings. The molecule has 0 amide bonds. The van der Waals surface area contributed by atoms with Gasteiger partial charge >= 0.3 is 5.69 Å². The first-order chi connectivity index (χ1) is 11.1. The van der Waals surface area contributed by atoms with Crippen LogP contribution in [0.5, 0.6) is 0 Å². The summed E-state index contributed by atoms with van der Waals surface area (Å²) in [6, 6.07) is 8.61. The van der Waals surface area contributed by atoms with Crippen LogP contribution in [-0.2, 0) is 18.6 Å². The van der Waals surface area contributed by atoms with Crippen LogP contribution in [0.4, 0.5) is 5.69 Å². The van der Waals surface area contributed by atoms with E-state index in [0.717, 1.165) is 6.54 Å². The predicted octanol–water partition coefficient (Wildman–Crippen LogP) is 3.80. The normalized spacial score (nSPS) is 12.0. The van der Waals surface area contributed by atoms with Crippen molar-refractivity contribution in [3.05, 3.63) is 56.9 Å². The van der Waals surface area contributed by atoms with Gasteiger partial charge in [-0.1, -0.05) is 45.0 Å². The van der Waals surface area contributed by atoms with Crippen LogP contribution in [0.2, 0.25) is 0 Å². The summed E-state index contributed by atoms with van der Waals surface area (Å²) < 4.78 is 1.69. The van der Waals surface area contributed by atoms with Crippen LogP contribution in [0.3, 0.4) is 0 Å². The van der Waals surface area contributed by atoms with E-state index in [-0.39, 0.29) is 16.0 Å². The number of hydrogen-bond acceptors (Lipinski definition) is 4. The third-order valence-electron chi connectivity index (χ3n) is 4.17. The number of rotatable bonds is 5. The Balaban J connectivity index is 2.07. The van der Waals surface area contributed by atoms with E-state index in [1.165, 1.54) is 11.1 Å². The van der Waals surface area contributed by atoms with Gasteiger partial charge in [0.1, 0.15) is 11.4 Å². The molecule has 0 saturated heterocycles. The van der Waals surface area contributed by atoms with E-state index in [2.05, 4.69) is 55.0 Å². The van der Waals surface area contributed by atoms with Gasteiger partial charge in [0.25, 0.3) is 0 Å². The Morgan fingerprint density at radius 3 is 2.25 bits per heavy atom. The highest BCUT2D eigenvalue weighted by atomic mass is 16.6. The molecule has 0 aliphatic heterocycles. The zero-order chi connectivity index (χ0) is 18.1. The van der Waals surface area contributed by atoms with Crippen LogP contribution in [0.15, 0.2) is 24.3 Å². The summed E-state index contributed by atoms with van der Waals surface area (Å²) in [4.78, 5) is 12.8. The van der Waals surface area contributed by atoms with Crippen molar-refractivity contribution < 1.29 is 4.92 Å². The van der Waals surface area contributed by atoms with Crippen molar-refractivity contribution in [3.8, 4) is 0 Å². The molecule has 0 bridgehead atoms. The fourth-order valence-corrected chi connectivity index (χ4v) is 2.79. The highest BCUT2D eigenvalue weighted by molar-refractivity contribution is 5.39. The molecule has 6 nitrogen and oxygen atoms in total. The summed E-state index contributed by atoms with van der Waals surface area (Å²) in [5.41, 5.74) is 3.82. The highest BCUT2D eigenvalue weighted by Gasteiger charge is 2.22. The molecule has 2 rings (SSSR count). The molecule has 0 spiro atoms. The molecule has 0 saturated carbocycles. The molecule has 0 aliphatic carbocycles. The number of nitrogens with zero attached hydrogens (tertiary/aromatic N) is 4. The summed E-state index contributed by atoms with van der Waals surface area (Å²) in [6.45, 7) is 11.3. The zero-order valence-electron chi connectivity index (χ0n) is 15.3. The number of benzene rings is 1. The van der Waals surface area contributed by atoms with E-state index in [1.54, 1.807) is 18.5 Å². The molecule has 0 N–H and O–H groups in total. The molecule has 6 heteroatoms. The van der Waals surface area contributed by atoms with Gasteiger partial charge in [0, 0.05) is 6.54 Å². The maximum absolute atomic E-state index is 11.1. The monoisotopic (exact) mass is 330 g/mol. The van der Waals surface area contributed by atoms with Gasteiger partial charge in [-0.3, -0.25) is 15.0 Å². The van der Waals surface area contributed by atoms with E-state index in [0.29, 0.717) is 18.1 Å². The second-order valence-electron chi connectivity index (χ2n) is 7.38. The molecule has 130 valence electrons. The molecule has 0 aliphatic rings. The Bertz CT molecular complexity index is 727. The van der Waals surface area contributed by atoms with Gasteiger partial charge in [-0.15, -0.1) is 0 Å². The number of nitro groups is 1. The summed E-state index contributed by atoms with van der Waals surface area (Å²) in [5, 5.41) is 15.4. The first kappa shape index (κ1) is 18.1. The quantitative estimate of drug-likeness (QED) is 0.618. The lowest BCUT2D eigenvalue weighted by Gasteiger charge is -2.21. The Morgan fingerprint density at radius 2 is 1.79 bits per heavy atom. The molecule has 1 heterocycles. The Hall–Kier alpha value is -2.21. The smallest absolute Gasteiger partial charge is 0.283 e. The van der Waals surface area contributed by atoms with Crippen molar-refractivity contribution in [2.24, 2.45) is 0 Å². The van der Waals surface area contributed by atoms with E-state index >= 15 is 0 Å². The fourth-order valence-electron chi connectivity index (χ4n) is 2.79. The van der Waals surface area contributed by atoms with E-state index in [4.69, 9.17) is 0 Å². The van der Waals surface area contributed by atoms with Crippen LogP contribution >= 0.6 is 0 Å². The Morgan fingerprint density at radius 1 is 1.21 bits per heavy atom. The largest absolute Gasteiger partial charge is 0.312 e. The van der Waals surface area contributed by atoms with Crippen LogP contribution < -0.4 is 0 Å². The van der Waals surface area contributed by atoms with Crippen molar-refractivity contribution >= 4 is 5.69 Å². The van der Waals surface area contributed by atoms with Crippen LogP contribution in [0, 0.1) is 24.0 Å². The highest BCUT2D eigenvalue weighted by Crippen LogP contribution is 2.23. The summed E-state index contributed by atoms with van der Waals surface area (Å²) in [7, 11) is 1.99. The van der Waals surface area contributed by atoms with Gasteiger partial charge in [0.2, 0.25) is 0 Å². The van der Waals surface area contributed by atoms with Crippen molar-refractivity contribution in [2.75, 3.05) is 7.05 Å². The lowest BCUT2D eigenvalue weighted by atomic mass is 9.87. The molecule has 1 aromatic heterocycles. The van der Waals surface area contributed by atoms with Gasteiger partial charge < -0.3 is 0 Å². The van der Waals surface area contributed by atoms with Crippen molar-refractivity contribution in [1.29, 1.82) is 0 Å². The van der Waals surface area contributed by atoms with Crippen LogP contribution in [0.1, 0.15) is 43.3 Å². The minimum Gasteiger partial charge on any atom is -0.283 e. The molecule has 1 aromatic carbocycles. The first-order valence-electron chi connectivity index (χ1n) is 8.06. The molecule has 0 unspecified atom stereocenters. The minimum atomic E-state index is -0.362. The lowest BCUT2D eigenvalue weighted by Crippen LogP contribution is -2.23. The molecule has 2 aromatic rings. The number of hydrogen-bond donors (Lipinski definition) is 0. The zero-order valence-corrected chi connectivity index (χ0v) is 15.3. The summed E-state index contributed by atoms with van der Waals surface area (Å²) in [5.74, 6) is 0. The maximum atomic E-state index is 11.1. The summed E-state index contributed by atoms with van der Waals surface area (Å²) >= 11 is 0. The SMILES string of the molecule is Cc1nn(CN(C)Cc2ccc(C(C)(C)C)cc2)c(C)c1[N+](=O)[O-]. The Labute approximate surface area is 143 Å². The first-order valence-corrected chi connectivity index (χ1v) is 8.06. The maximum Gasteiger partial charge on any atom is 0.312 e. The fraction of sp³-hybridized carbons (Fsp3) is 0.500. The molecular formula is C18H26N4O2. The minimum absolute atomic E-state index is 0.109. The van der Waals surface area contributed by atoms with E-state index < -0.39 is 0 Å². The third-order valence-corrected chi connectivity index (χ3v) is 4.17.